The minimum absolute atomic E-state index is 0.128. The molecule has 0 aromatic heterocycles. The first-order valence-electron chi connectivity index (χ1n) is 8.89. The van der Waals surface area contributed by atoms with Gasteiger partial charge < -0.3 is 14.8 Å². The van der Waals surface area contributed by atoms with Gasteiger partial charge in [-0.1, -0.05) is 6.07 Å². The van der Waals surface area contributed by atoms with Gasteiger partial charge in [-0.3, -0.25) is 9.69 Å². The molecule has 1 N–H and O–H groups in total. The van der Waals surface area contributed by atoms with Gasteiger partial charge in [0.15, 0.2) is 0 Å². The van der Waals surface area contributed by atoms with Crippen LogP contribution >= 0.6 is 0 Å². The third-order valence-corrected chi connectivity index (χ3v) is 4.31. The Balaban J connectivity index is 1.77. The van der Waals surface area contributed by atoms with Crippen LogP contribution in [0.2, 0.25) is 0 Å². The molecule has 2 aliphatic heterocycles. The number of anilines is 2. The van der Waals surface area contributed by atoms with Crippen molar-refractivity contribution in [1.82, 2.24) is 0 Å². The highest BCUT2D eigenvalue weighted by Gasteiger charge is 2.28. The lowest BCUT2D eigenvalue weighted by Gasteiger charge is -2.32. The van der Waals surface area contributed by atoms with E-state index in [1.807, 2.05) is 39.0 Å². The van der Waals surface area contributed by atoms with Gasteiger partial charge in [-0.2, -0.15) is 0 Å². The number of amides is 2. The molecule has 1 aromatic carbocycles. The van der Waals surface area contributed by atoms with E-state index in [1.165, 1.54) is 0 Å². The first-order chi connectivity index (χ1) is 11.8. The van der Waals surface area contributed by atoms with Crippen molar-refractivity contribution in [3.8, 4) is 0 Å². The molecule has 2 heterocycles. The standard InChI is InChI=1S/C19H26N2O4/c1-19(2,3)25-18(23)21-10-4-6-13-8-9-14(12-15(13)21)20-17(22)16-7-5-11-24-16/h8-9,12,16H,4-7,10-11H2,1-3H3,(H,20,22). The lowest BCUT2D eigenvalue weighted by molar-refractivity contribution is -0.124. The molecule has 3 rings (SSSR count). The highest BCUT2D eigenvalue weighted by atomic mass is 16.6. The molecule has 6 heteroatoms. The minimum Gasteiger partial charge on any atom is -0.443 e. The SMILES string of the molecule is CC(C)(C)OC(=O)N1CCCc2ccc(NC(=O)C3CCCO3)cc21. The van der Waals surface area contributed by atoms with Crippen molar-refractivity contribution in [3.63, 3.8) is 0 Å². The Hall–Kier alpha value is -2.08. The van der Waals surface area contributed by atoms with Gasteiger partial charge in [0.1, 0.15) is 11.7 Å². The first-order valence-corrected chi connectivity index (χ1v) is 8.89. The summed E-state index contributed by atoms with van der Waals surface area (Å²) in [6.45, 7) is 6.82. The summed E-state index contributed by atoms with van der Waals surface area (Å²) in [5.74, 6) is -0.128. The molecule has 0 aliphatic carbocycles. The average molecular weight is 346 g/mol. The monoisotopic (exact) mass is 346 g/mol. The smallest absolute Gasteiger partial charge is 0.414 e. The zero-order valence-corrected chi connectivity index (χ0v) is 15.1. The van der Waals surface area contributed by atoms with Crippen LogP contribution in [-0.4, -0.2) is 36.9 Å². The van der Waals surface area contributed by atoms with E-state index in [0.717, 1.165) is 36.9 Å². The zero-order valence-electron chi connectivity index (χ0n) is 15.1. The third kappa shape index (κ3) is 4.31. The maximum absolute atomic E-state index is 12.5. The van der Waals surface area contributed by atoms with Gasteiger partial charge in [-0.25, -0.2) is 4.79 Å². The number of carbonyl (C=O) groups excluding carboxylic acids is 2. The second kappa shape index (κ2) is 7.04. The number of rotatable bonds is 2. The van der Waals surface area contributed by atoms with Crippen molar-refractivity contribution in [3.05, 3.63) is 23.8 Å². The fraction of sp³-hybridized carbons (Fsp3) is 0.579. The molecule has 0 radical (unpaired) electrons. The zero-order chi connectivity index (χ0) is 18.0. The Morgan fingerprint density at radius 1 is 1.28 bits per heavy atom. The minimum atomic E-state index is -0.541. The van der Waals surface area contributed by atoms with Crippen LogP contribution in [0, 0.1) is 0 Å². The van der Waals surface area contributed by atoms with E-state index in [-0.39, 0.29) is 18.1 Å². The molecule has 0 bridgehead atoms. The number of fused-ring (bicyclic) bond motifs is 1. The molecule has 1 aromatic rings. The summed E-state index contributed by atoms with van der Waals surface area (Å²) >= 11 is 0. The Morgan fingerprint density at radius 3 is 2.76 bits per heavy atom. The number of nitrogens with one attached hydrogen (secondary N) is 1. The molecule has 136 valence electrons. The fourth-order valence-corrected chi connectivity index (χ4v) is 3.17. The summed E-state index contributed by atoms with van der Waals surface area (Å²) in [5, 5.41) is 2.90. The fourth-order valence-electron chi connectivity index (χ4n) is 3.17. The van der Waals surface area contributed by atoms with E-state index in [0.29, 0.717) is 18.8 Å². The van der Waals surface area contributed by atoms with E-state index < -0.39 is 5.60 Å². The lowest BCUT2D eigenvalue weighted by atomic mass is 10.0. The Morgan fingerprint density at radius 2 is 2.08 bits per heavy atom. The number of hydrogen-bond donors (Lipinski definition) is 1. The van der Waals surface area contributed by atoms with Crippen LogP contribution in [-0.2, 0) is 20.7 Å². The highest BCUT2D eigenvalue weighted by molar-refractivity contribution is 5.96. The molecule has 2 amide bonds. The molecule has 2 aliphatic rings. The van der Waals surface area contributed by atoms with E-state index in [9.17, 15) is 9.59 Å². The van der Waals surface area contributed by atoms with Crippen LogP contribution in [0.3, 0.4) is 0 Å². The summed E-state index contributed by atoms with van der Waals surface area (Å²) in [5.41, 5.74) is 2.04. The van der Waals surface area contributed by atoms with Crippen molar-refractivity contribution >= 4 is 23.4 Å². The highest BCUT2D eigenvalue weighted by Crippen LogP contribution is 2.31. The van der Waals surface area contributed by atoms with Crippen LogP contribution in [0.25, 0.3) is 0 Å². The molecule has 1 saturated heterocycles. The average Bonchev–Trinajstić information content (AvgIpc) is 3.07. The molecule has 0 saturated carbocycles. The number of benzene rings is 1. The van der Waals surface area contributed by atoms with Crippen LogP contribution in [0.15, 0.2) is 18.2 Å². The maximum Gasteiger partial charge on any atom is 0.414 e. The van der Waals surface area contributed by atoms with Crippen molar-refractivity contribution in [2.75, 3.05) is 23.4 Å². The second-order valence-corrected chi connectivity index (χ2v) is 7.57. The number of nitrogens with zero attached hydrogens (tertiary/aromatic N) is 1. The summed E-state index contributed by atoms with van der Waals surface area (Å²) in [6.07, 6.45) is 2.74. The predicted molar refractivity (Wildman–Crippen MR) is 95.9 cm³/mol. The number of hydrogen-bond acceptors (Lipinski definition) is 4. The Labute approximate surface area is 148 Å². The Bertz CT molecular complexity index is 660. The second-order valence-electron chi connectivity index (χ2n) is 7.57. The van der Waals surface area contributed by atoms with E-state index >= 15 is 0 Å². The molecule has 1 atom stereocenters. The number of aryl methyl sites for hydroxylation is 1. The molecular weight excluding hydrogens is 320 g/mol. The van der Waals surface area contributed by atoms with Crippen LogP contribution in [0.4, 0.5) is 16.2 Å². The van der Waals surface area contributed by atoms with Gasteiger partial charge in [-0.15, -0.1) is 0 Å². The number of ether oxygens (including phenoxy) is 2. The Kier molecular flexibility index (Phi) is 4.99. The van der Waals surface area contributed by atoms with Crippen LogP contribution in [0.1, 0.15) is 45.6 Å². The first kappa shape index (κ1) is 17.7. The van der Waals surface area contributed by atoms with Crippen LogP contribution < -0.4 is 10.2 Å². The summed E-state index contributed by atoms with van der Waals surface area (Å²) in [7, 11) is 0. The van der Waals surface area contributed by atoms with Gasteiger partial charge in [0.2, 0.25) is 0 Å². The topological polar surface area (TPSA) is 67.9 Å². The molecule has 1 unspecified atom stereocenters. The summed E-state index contributed by atoms with van der Waals surface area (Å²) in [4.78, 5) is 26.4. The largest absolute Gasteiger partial charge is 0.443 e. The normalized spacial score (nSPS) is 20.1. The van der Waals surface area contributed by atoms with Crippen molar-refractivity contribution in [1.29, 1.82) is 0 Å². The predicted octanol–water partition coefficient (Wildman–Crippen LogP) is 3.49. The van der Waals surface area contributed by atoms with Crippen LogP contribution in [0.5, 0.6) is 0 Å². The quantitative estimate of drug-likeness (QED) is 0.890. The van der Waals surface area contributed by atoms with Crippen molar-refractivity contribution in [2.24, 2.45) is 0 Å². The van der Waals surface area contributed by atoms with Gasteiger partial charge in [0.25, 0.3) is 5.91 Å². The number of carbonyl (C=O) groups is 2. The maximum atomic E-state index is 12.5. The van der Waals surface area contributed by atoms with E-state index in [2.05, 4.69) is 5.32 Å². The molecular formula is C19H26N2O4. The van der Waals surface area contributed by atoms with E-state index in [1.54, 1.807) is 4.90 Å². The van der Waals surface area contributed by atoms with E-state index in [4.69, 9.17) is 9.47 Å². The lowest BCUT2D eigenvalue weighted by Crippen LogP contribution is -2.39. The molecule has 6 nitrogen and oxygen atoms in total. The van der Waals surface area contributed by atoms with Crippen molar-refractivity contribution < 1.29 is 19.1 Å². The van der Waals surface area contributed by atoms with Gasteiger partial charge in [0.05, 0.1) is 5.69 Å². The molecule has 0 spiro atoms. The summed E-state index contributed by atoms with van der Waals surface area (Å²) < 4.78 is 10.9. The third-order valence-electron chi connectivity index (χ3n) is 4.31. The summed E-state index contributed by atoms with van der Waals surface area (Å²) in [6, 6.07) is 5.70. The molecule has 25 heavy (non-hydrogen) atoms. The molecule has 1 fully saturated rings. The van der Waals surface area contributed by atoms with Gasteiger partial charge >= 0.3 is 6.09 Å². The van der Waals surface area contributed by atoms with Crippen molar-refractivity contribution in [2.45, 2.75) is 58.2 Å². The van der Waals surface area contributed by atoms with Gasteiger partial charge in [0, 0.05) is 18.8 Å². The van der Waals surface area contributed by atoms with Gasteiger partial charge in [-0.05, 0) is 64.2 Å².